The van der Waals surface area contributed by atoms with E-state index < -0.39 is 0 Å². The van der Waals surface area contributed by atoms with Gasteiger partial charge in [0.1, 0.15) is 5.82 Å². The summed E-state index contributed by atoms with van der Waals surface area (Å²) in [6.07, 6.45) is 5.63. The standard InChI is InChI=1S/C16H22ClFO/c1-2-3-11-4-7-16(19)13(8-11)9-12-10-14(17)5-6-15(12)18/h5-6,10-11,13,16,19H,2-4,7-9H2,1H3. The van der Waals surface area contributed by atoms with E-state index in [0.717, 1.165) is 19.3 Å². The minimum absolute atomic E-state index is 0.165. The summed E-state index contributed by atoms with van der Waals surface area (Å²) in [4.78, 5) is 0. The molecule has 2 rings (SSSR count). The van der Waals surface area contributed by atoms with E-state index in [1.165, 1.54) is 18.9 Å². The van der Waals surface area contributed by atoms with Crippen molar-refractivity contribution in [2.75, 3.05) is 0 Å². The molecule has 1 saturated carbocycles. The van der Waals surface area contributed by atoms with E-state index in [4.69, 9.17) is 11.6 Å². The third-order valence-corrected chi connectivity index (χ3v) is 4.47. The number of hydrogen-bond acceptors (Lipinski definition) is 1. The van der Waals surface area contributed by atoms with Crippen molar-refractivity contribution in [3.63, 3.8) is 0 Å². The molecule has 0 radical (unpaired) electrons. The lowest BCUT2D eigenvalue weighted by atomic mass is 9.75. The fourth-order valence-electron chi connectivity index (χ4n) is 3.22. The van der Waals surface area contributed by atoms with Gasteiger partial charge in [-0.2, -0.15) is 0 Å². The van der Waals surface area contributed by atoms with Crippen LogP contribution in [-0.2, 0) is 6.42 Å². The lowest BCUT2D eigenvalue weighted by Gasteiger charge is -2.33. The van der Waals surface area contributed by atoms with Crippen LogP contribution in [0, 0.1) is 17.7 Å². The Morgan fingerprint density at radius 1 is 1.37 bits per heavy atom. The summed E-state index contributed by atoms with van der Waals surface area (Å²) in [7, 11) is 0. The number of rotatable bonds is 4. The maximum Gasteiger partial charge on any atom is 0.126 e. The molecule has 3 unspecified atom stereocenters. The highest BCUT2D eigenvalue weighted by Crippen LogP contribution is 2.34. The highest BCUT2D eigenvalue weighted by atomic mass is 35.5. The lowest BCUT2D eigenvalue weighted by Crippen LogP contribution is -2.30. The second kappa shape index (κ2) is 6.71. The Bertz CT molecular complexity index is 421. The fraction of sp³-hybridized carbons (Fsp3) is 0.625. The van der Waals surface area contributed by atoms with Gasteiger partial charge in [-0.1, -0.05) is 31.4 Å². The largest absolute Gasteiger partial charge is 0.393 e. The highest BCUT2D eigenvalue weighted by molar-refractivity contribution is 6.30. The number of halogens is 2. The van der Waals surface area contributed by atoms with Gasteiger partial charge in [0, 0.05) is 5.02 Å². The summed E-state index contributed by atoms with van der Waals surface area (Å²) in [6, 6.07) is 4.67. The number of benzene rings is 1. The molecule has 1 aromatic rings. The van der Waals surface area contributed by atoms with E-state index in [9.17, 15) is 9.50 Å². The van der Waals surface area contributed by atoms with Crippen LogP contribution in [0.15, 0.2) is 18.2 Å². The average molecular weight is 285 g/mol. The molecule has 1 aromatic carbocycles. The molecule has 0 heterocycles. The van der Waals surface area contributed by atoms with Crippen LogP contribution in [-0.4, -0.2) is 11.2 Å². The maximum atomic E-state index is 13.8. The van der Waals surface area contributed by atoms with Gasteiger partial charge >= 0.3 is 0 Å². The molecule has 0 bridgehead atoms. The summed E-state index contributed by atoms with van der Waals surface area (Å²) in [5.74, 6) is 0.633. The van der Waals surface area contributed by atoms with Gasteiger partial charge in [-0.25, -0.2) is 4.39 Å². The number of aliphatic hydroxyl groups excluding tert-OH is 1. The lowest BCUT2D eigenvalue weighted by molar-refractivity contribution is 0.0459. The van der Waals surface area contributed by atoms with Crippen molar-refractivity contribution in [2.24, 2.45) is 11.8 Å². The van der Waals surface area contributed by atoms with Gasteiger partial charge in [0.25, 0.3) is 0 Å². The van der Waals surface area contributed by atoms with E-state index in [-0.39, 0.29) is 17.8 Å². The highest BCUT2D eigenvalue weighted by Gasteiger charge is 2.29. The third-order valence-electron chi connectivity index (χ3n) is 4.24. The second-order valence-corrected chi connectivity index (χ2v) is 6.17. The smallest absolute Gasteiger partial charge is 0.126 e. The Morgan fingerprint density at radius 3 is 2.89 bits per heavy atom. The first kappa shape index (κ1) is 14.8. The summed E-state index contributed by atoms with van der Waals surface area (Å²) in [6.45, 7) is 2.19. The van der Waals surface area contributed by atoms with Crippen molar-refractivity contribution >= 4 is 11.6 Å². The van der Waals surface area contributed by atoms with Crippen LogP contribution >= 0.6 is 11.6 Å². The molecule has 1 aliphatic rings. The van der Waals surface area contributed by atoms with E-state index >= 15 is 0 Å². The Kier molecular flexibility index (Phi) is 5.23. The monoisotopic (exact) mass is 284 g/mol. The van der Waals surface area contributed by atoms with Crippen LogP contribution in [0.2, 0.25) is 5.02 Å². The molecule has 1 fully saturated rings. The van der Waals surface area contributed by atoms with Crippen LogP contribution in [0.4, 0.5) is 4.39 Å². The molecular weight excluding hydrogens is 263 g/mol. The van der Waals surface area contributed by atoms with E-state index in [1.54, 1.807) is 12.1 Å². The van der Waals surface area contributed by atoms with Crippen LogP contribution < -0.4 is 0 Å². The Morgan fingerprint density at radius 2 is 2.16 bits per heavy atom. The fourth-order valence-corrected chi connectivity index (χ4v) is 3.41. The van der Waals surface area contributed by atoms with Crippen molar-refractivity contribution in [3.05, 3.63) is 34.6 Å². The summed E-state index contributed by atoms with van der Waals surface area (Å²) in [5, 5.41) is 10.7. The van der Waals surface area contributed by atoms with Gasteiger partial charge in [-0.05, 0) is 61.3 Å². The van der Waals surface area contributed by atoms with Crippen molar-refractivity contribution < 1.29 is 9.50 Å². The van der Waals surface area contributed by atoms with Crippen molar-refractivity contribution in [1.29, 1.82) is 0 Å². The van der Waals surface area contributed by atoms with Gasteiger partial charge in [0.2, 0.25) is 0 Å². The van der Waals surface area contributed by atoms with Crippen molar-refractivity contribution in [2.45, 2.75) is 51.6 Å². The van der Waals surface area contributed by atoms with Crippen LogP contribution in [0.1, 0.15) is 44.6 Å². The SMILES string of the molecule is CCCC1CCC(O)C(Cc2cc(Cl)ccc2F)C1. The van der Waals surface area contributed by atoms with Crippen molar-refractivity contribution in [3.8, 4) is 0 Å². The molecule has 0 aliphatic heterocycles. The van der Waals surface area contributed by atoms with Crippen LogP contribution in [0.5, 0.6) is 0 Å². The quantitative estimate of drug-likeness (QED) is 0.857. The molecule has 3 atom stereocenters. The predicted molar refractivity (Wildman–Crippen MR) is 76.9 cm³/mol. The molecule has 0 amide bonds. The molecule has 3 heteroatoms. The van der Waals surface area contributed by atoms with Gasteiger partial charge in [-0.3, -0.25) is 0 Å². The molecule has 1 N–H and O–H groups in total. The number of hydrogen-bond donors (Lipinski definition) is 1. The van der Waals surface area contributed by atoms with Gasteiger partial charge in [-0.15, -0.1) is 0 Å². The molecule has 0 spiro atoms. The number of aliphatic hydroxyl groups is 1. The van der Waals surface area contributed by atoms with E-state index in [0.29, 0.717) is 22.9 Å². The minimum atomic E-state index is -0.300. The normalized spacial score (nSPS) is 27.5. The third kappa shape index (κ3) is 3.93. The zero-order chi connectivity index (χ0) is 13.8. The Hall–Kier alpha value is -0.600. The first-order valence-electron chi connectivity index (χ1n) is 7.22. The van der Waals surface area contributed by atoms with Crippen LogP contribution in [0.25, 0.3) is 0 Å². The maximum absolute atomic E-state index is 13.8. The molecule has 0 aromatic heterocycles. The van der Waals surface area contributed by atoms with Crippen LogP contribution in [0.3, 0.4) is 0 Å². The molecule has 106 valence electrons. The predicted octanol–water partition coefficient (Wildman–Crippen LogP) is 4.60. The molecule has 19 heavy (non-hydrogen) atoms. The summed E-state index contributed by atoms with van der Waals surface area (Å²) in [5.41, 5.74) is 0.633. The van der Waals surface area contributed by atoms with E-state index in [2.05, 4.69) is 6.92 Å². The Balaban J connectivity index is 2.05. The second-order valence-electron chi connectivity index (χ2n) is 5.74. The zero-order valence-corrected chi connectivity index (χ0v) is 12.2. The topological polar surface area (TPSA) is 20.2 Å². The van der Waals surface area contributed by atoms with Gasteiger partial charge < -0.3 is 5.11 Å². The first-order valence-corrected chi connectivity index (χ1v) is 7.60. The van der Waals surface area contributed by atoms with Gasteiger partial charge in [0.15, 0.2) is 0 Å². The summed E-state index contributed by atoms with van der Waals surface area (Å²) >= 11 is 5.92. The molecular formula is C16H22ClFO. The minimum Gasteiger partial charge on any atom is -0.393 e. The molecule has 1 nitrogen and oxygen atoms in total. The van der Waals surface area contributed by atoms with Gasteiger partial charge in [0.05, 0.1) is 6.10 Å². The summed E-state index contributed by atoms with van der Waals surface area (Å²) < 4.78 is 13.8. The Labute approximate surface area is 119 Å². The first-order chi connectivity index (χ1) is 9.10. The molecule has 0 saturated heterocycles. The van der Waals surface area contributed by atoms with Crippen molar-refractivity contribution in [1.82, 2.24) is 0 Å². The molecule has 1 aliphatic carbocycles. The van der Waals surface area contributed by atoms with E-state index in [1.807, 2.05) is 0 Å². The zero-order valence-electron chi connectivity index (χ0n) is 11.4. The average Bonchev–Trinajstić information content (AvgIpc) is 2.38.